The summed E-state index contributed by atoms with van der Waals surface area (Å²) in [6.07, 6.45) is 2.18. The van der Waals surface area contributed by atoms with Crippen LogP contribution in [0.5, 0.6) is 0 Å². The highest BCUT2D eigenvalue weighted by Crippen LogP contribution is 2.31. The third-order valence-corrected chi connectivity index (χ3v) is 15.7. The fourth-order valence-corrected chi connectivity index (χ4v) is 9.92. The number of nitrogens with zero attached hydrogens (tertiary/aromatic N) is 7. The van der Waals surface area contributed by atoms with Crippen LogP contribution in [0.2, 0.25) is 0 Å². The number of hydrogen-bond acceptors (Lipinski definition) is 20. The van der Waals surface area contributed by atoms with Gasteiger partial charge >= 0.3 is 0 Å². The van der Waals surface area contributed by atoms with Crippen LogP contribution in [-0.2, 0) is 60.7 Å². The van der Waals surface area contributed by atoms with E-state index in [0.29, 0.717) is 30.3 Å². The molecule has 0 aliphatic heterocycles. The van der Waals surface area contributed by atoms with Gasteiger partial charge in [0, 0.05) is 37.6 Å². The van der Waals surface area contributed by atoms with Crippen molar-refractivity contribution in [2.45, 2.75) is 69.2 Å². The fraction of sp³-hybridized carbons (Fsp3) is 0.195. The topological polar surface area (TPSA) is 470 Å². The summed E-state index contributed by atoms with van der Waals surface area (Å²) in [6, 6.07) is 10.3. The van der Waals surface area contributed by atoms with Crippen molar-refractivity contribution in [3.05, 3.63) is 96.3 Å². The SMILES string of the molecule is C=C(N=C(N=C(N)Nc1cc(S(=O)(=O)O)ccc1S(=O)(=O)O)N(C)C(C)C)Nc1ccc(/C=C/c2ccc(Nc3nc(Nc4cc(S(=O)(=O)O)ccc4S(=O)(=O)O)nc(N(C)C(C)C)n3)cc2S(=O)(=O)O)c(S(=O)(=O)O)c1. The lowest BCUT2D eigenvalue weighted by Crippen LogP contribution is -2.35. The molecule has 12 N–H and O–H groups in total. The van der Waals surface area contributed by atoms with E-state index < -0.39 is 113 Å². The minimum atomic E-state index is -5.09. The summed E-state index contributed by atoms with van der Waals surface area (Å²) in [4.78, 5) is 19.3. The van der Waals surface area contributed by atoms with Gasteiger partial charge in [0.05, 0.1) is 21.2 Å². The molecular formula is C41H48N12O18S6. The number of nitrogens with two attached hydrogens (primary N) is 1. The zero-order valence-corrected chi connectivity index (χ0v) is 45.6. The Morgan fingerprint density at radius 2 is 0.987 bits per heavy atom. The average molecular weight is 1190 g/mol. The third kappa shape index (κ3) is 16.2. The Kier molecular flexibility index (Phi) is 17.9. The lowest BCUT2D eigenvalue weighted by Gasteiger charge is -2.23. The molecule has 0 saturated carbocycles. The second-order valence-electron chi connectivity index (χ2n) is 16.6. The van der Waals surface area contributed by atoms with Crippen molar-refractivity contribution in [3.8, 4) is 0 Å². The molecule has 0 radical (unpaired) electrons. The first-order valence-corrected chi connectivity index (χ1v) is 29.9. The van der Waals surface area contributed by atoms with E-state index in [1.165, 1.54) is 41.1 Å². The van der Waals surface area contributed by atoms with Crippen LogP contribution in [0.25, 0.3) is 12.2 Å². The monoisotopic (exact) mass is 1190 g/mol. The molecular weight excluding hydrogens is 1140 g/mol. The average Bonchev–Trinajstić information content (AvgIpc) is 3.28. The van der Waals surface area contributed by atoms with E-state index in [1.54, 1.807) is 34.7 Å². The van der Waals surface area contributed by atoms with Crippen LogP contribution in [0, 0.1) is 0 Å². The first-order valence-electron chi connectivity index (χ1n) is 21.2. The van der Waals surface area contributed by atoms with Crippen LogP contribution in [0.4, 0.5) is 40.6 Å². The number of aliphatic imine (C=N–C) groups is 2. The van der Waals surface area contributed by atoms with Gasteiger partial charge in [0.15, 0.2) is 0 Å². The van der Waals surface area contributed by atoms with Crippen LogP contribution >= 0.6 is 0 Å². The van der Waals surface area contributed by atoms with E-state index in [4.69, 9.17) is 5.73 Å². The normalized spacial score (nSPS) is 13.2. The molecule has 416 valence electrons. The summed E-state index contributed by atoms with van der Waals surface area (Å²) in [5.74, 6) is -1.97. The molecule has 1 aromatic heterocycles. The van der Waals surface area contributed by atoms with Crippen molar-refractivity contribution < 1.29 is 77.8 Å². The summed E-state index contributed by atoms with van der Waals surface area (Å²) in [6.45, 7) is 10.7. The van der Waals surface area contributed by atoms with Gasteiger partial charge in [-0.2, -0.15) is 75.4 Å². The van der Waals surface area contributed by atoms with Crippen LogP contribution in [0.15, 0.2) is 125 Å². The third-order valence-electron chi connectivity index (χ3n) is 10.4. The molecule has 0 aliphatic carbocycles. The molecule has 0 atom stereocenters. The van der Waals surface area contributed by atoms with Crippen molar-refractivity contribution in [2.24, 2.45) is 15.7 Å². The van der Waals surface area contributed by atoms with E-state index in [2.05, 4.69) is 52.8 Å². The van der Waals surface area contributed by atoms with Gasteiger partial charge in [-0.1, -0.05) is 30.9 Å². The van der Waals surface area contributed by atoms with E-state index in [1.807, 2.05) is 0 Å². The molecule has 0 fully saturated rings. The van der Waals surface area contributed by atoms with Gasteiger partial charge in [-0.05, 0) is 99.5 Å². The van der Waals surface area contributed by atoms with Crippen molar-refractivity contribution >= 4 is 125 Å². The van der Waals surface area contributed by atoms with E-state index in [0.717, 1.165) is 30.4 Å². The summed E-state index contributed by atoms with van der Waals surface area (Å²) in [5.41, 5.74) is 4.25. The lowest BCUT2D eigenvalue weighted by atomic mass is 10.1. The Bertz CT molecular complexity index is 3970. The number of guanidine groups is 2. The second kappa shape index (κ2) is 22.8. The molecule has 0 amide bonds. The number of anilines is 7. The number of hydrogen-bond donors (Lipinski definition) is 11. The Hall–Kier alpha value is -7.23. The minimum Gasteiger partial charge on any atom is -0.369 e. The van der Waals surface area contributed by atoms with Gasteiger partial charge in [0.25, 0.3) is 60.7 Å². The van der Waals surface area contributed by atoms with Crippen molar-refractivity contribution in [2.75, 3.05) is 40.3 Å². The maximum Gasteiger partial charge on any atom is 0.296 e. The molecule has 0 saturated heterocycles. The van der Waals surface area contributed by atoms with Gasteiger partial charge in [-0.15, -0.1) is 0 Å². The predicted octanol–water partition coefficient (Wildman–Crippen LogP) is 3.86. The van der Waals surface area contributed by atoms with E-state index in [-0.39, 0.29) is 58.3 Å². The molecule has 36 heteroatoms. The summed E-state index contributed by atoms with van der Waals surface area (Å²) in [7, 11) is -26.8. The van der Waals surface area contributed by atoms with Crippen molar-refractivity contribution in [3.63, 3.8) is 0 Å². The molecule has 4 aromatic carbocycles. The van der Waals surface area contributed by atoms with Gasteiger partial charge in [-0.25, -0.2) is 0 Å². The van der Waals surface area contributed by atoms with Crippen LogP contribution in [0.3, 0.4) is 0 Å². The summed E-state index contributed by atoms with van der Waals surface area (Å²) in [5, 5.41) is 10.2. The Labute approximate surface area is 442 Å². The van der Waals surface area contributed by atoms with Crippen molar-refractivity contribution in [1.29, 1.82) is 0 Å². The van der Waals surface area contributed by atoms with Crippen molar-refractivity contribution in [1.82, 2.24) is 19.9 Å². The maximum atomic E-state index is 12.8. The standard InChI is InChI=1S/C41H48N12O18S6/c1-22(2)52(6)40(48-37(42)46-31-20-29(72(54,55)56)14-16-33(31)74(60,61)62)44-24(5)43-27-12-10-25(35(18-27)76(66,67)68)8-9-26-11-13-28(19-36(26)77(69,70)71)45-38-49-39(51-41(50-38)53(7)23(3)4)47-32-21-30(73(57,58)59)15-17-34(32)75(63,64)65/h8-23,43H,5H2,1-4,6-7H3,(H,54,55,56)(H,57,58,59)(H,60,61,62)(H,63,64,65)(H,66,67,68)(H,69,70,71)(H3,42,44,46,48)(H2,45,47,49,50,51)/b9-8+. The highest BCUT2D eigenvalue weighted by molar-refractivity contribution is 7.87. The zero-order valence-electron chi connectivity index (χ0n) is 40.7. The predicted molar refractivity (Wildman–Crippen MR) is 282 cm³/mol. The largest absolute Gasteiger partial charge is 0.369 e. The quantitative estimate of drug-likeness (QED) is 0.0242. The molecule has 0 bridgehead atoms. The number of benzene rings is 4. The molecule has 77 heavy (non-hydrogen) atoms. The molecule has 30 nitrogen and oxygen atoms in total. The summed E-state index contributed by atoms with van der Waals surface area (Å²) < 4.78 is 206. The zero-order chi connectivity index (χ0) is 58.0. The number of aromatic nitrogens is 3. The van der Waals surface area contributed by atoms with Gasteiger partial charge < -0.3 is 36.8 Å². The molecule has 5 rings (SSSR count). The van der Waals surface area contributed by atoms with Gasteiger partial charge in [-0.3, -0.25) is 27.3 Å². The molecule has 0 unspecified atom stereocenters. The van der Waals surface area contributed by atoms with E-state index >= 15 is 0 Å². The first kappa shape index (κ1) is 60.6. The highest BCUT2D eigenvalue weighted by Gasteiger charge is 2.25. The first-order chi connectivity index (χ1) is 35.2. The number of rotatable bonds is 19. The second-order valence-corrected chi connectivity index (χ2v) is 25.0. The van der Waals surface area contributed by atoms with Gasteiger partial charge in [0.1, 0.15) is 25.4 Å². The maximum absolute atomic E-state index is 12.8. The molecule has 0 aliphatic rings. The highest BCUT2D eigenvalue weighted by atomic mass is 32.2. The minimum absolute atomic E-state index is 0.0519. The smallest absolute Gasteiger partial charge is 0.296 e. The van der Waals surface area contributed by atoms with Crippen LogP contribution in [0.1, 0.15) is 38.8 Å². The van der Waals surface area contributed by atoms with Crippen LogP contribution < -0.4 is 31.9 Å². The molecule has 1 heterocycles. The van der Waals surface area contributed by atoms with Gasteiger partial charge in [0.2, 0.25) is 29.8 Å². The Balaban J connectivity index is 1.48. The lowest BCUT2D eigenvalue weighted by molar-refractivity contribution is 0.413. The Morgan fingerprint density at radius 3 is 1.44 bits per heavy atom. The fourth-order valence-electron chi connectivity index (χ4n) is 6.23. The van der Waals surface area contributed by atoms with E-state index in [9.17, 15) is 77.8 Å². The Morgan fingerprint density at radius 1 is 0.545 bits per heavy atom. The molecule has 5 aromatic rings. The van der Waals surface area contributed by atoms with Crippen LogP contribution in [-0.4, -0.2) is 136 Å². The summed E-state index contributed by atoms with van der Waals surface area (Å²) >= 11 is 0. The number of nitrogens with one attached hydrogen (secondary N) is 4. The molecule has 0 spiro atoms.